The molecule has 3 rings (SSSR count). The minimum Gasteiger partial charge on any atom is -0.269 e. The molecule has 118 valence electrons. The number of carbonyl (C=O) groups excluding carboxylic acids is 1. The number of fused-ring (bicyclic) bond motifs is 1. The highest BCUT2D eigenvalue weighted by molar-refractivity contribution is 7.90. The van der Waals surface area contributed by atoms with Crippen LogP contribution in [-0.2, 0) is 27.7 Å². The number of hydrogen-bond donors (Lipinski definition) is 1. The van der Waals surface area contributed by atoms with E-state index in [0.717, 1.165) is 30.4 Å². The Morgan fingerprint density at radius 2 is 1.83 bits per heavy atom. The summed E-state index contributed by atoms with van der Waals surface area (Å²) >= 11 is 0. The maximum absolute atomic E-state index is 12.3. The van der Waals surface area contributed by atoms with Crippen LogP contribution in [0.1, 0.15) is 23.1 Å². The molecule has 0 radical (unpaired) electrons. The van der Waals surface area contributed by atoms with Crippen LogP contribution in [0.5, 0.6) is 0 Å². The van der Waals surface area contributed by atoms with Crippen molar-refractivity contribution in [1.29, 1.82) is 0 Å². The molecule has 0 aliphatic heterocycles. The molecule has 1 amide bonds. The van der Waals surface area contributed by atoms with Crippen molar-refractivity contribution in [2.24, 2.45) is 0 Å². The van der Waals surface area contributed by atoms with Gasteiger partial charge in [-0.25, -0.2) is 13.1 Å². The Balaban J connectivity index is 1.73. The summed E-state index contributed by atoms with van der Waals surface area (Å²) in [6.45, 7) is 0. The molecule has 2 aromatic rings. The van der Waals surface area contributed by atoms with Crippen LogP contribution in [0.3, 0.4) is 0 Å². The number of rotatable bonds is 4. The van der Waals surface area contributed by atoms with Gasteiger partial charge >= 0.3 is 0 Å². The molecule has 6 heteroatoms. The summed E-state index contributed by atoms with van der Waals surface area (Å²) < 4.78 is 26.6. The van der Waals surface area contributed by atoms with Crippen LogP contribution in [0, 0.1) is 0 Å². The van der Waals surface area contributed by atoms with Gasteiger partial charge in [0.25, 0.3) is 15.9 Å². The highest BCUT2D eigenvalue weighted by atomic mass is 32.2. The first kappa shape index (κ1) is 15.4. The lowest BCUT2D eigenvalue weighted by molar-refractivity contribution is -0.114. The topological polar surface area (TPSA) is 76.1 Å². The Hall–Kier alpha value is -2.47. The van der Waals surface area contributed by atoms with Gasteiger partial charge in [0.15, 0.2) is 0 Å². The van der Waals surface area contributed by atoms with Crippen LogP contribution in [-0.4, -0.2) is 19.3 Å². The molecule has 5 nitrogen and oxygen atoms in total. The van der Waals surface area contributed by atoms with Crippen molar-refractivity contribution in [2.45, 2.75) is 24.2 Å². The highest BCUT2D eigenvalue weighted by Gasteiger charge is 2.19. The van der Waals surface area contributed by atoms with Crippen molar-refractivity contribution >= 4 is 22.0 Å². The quantitative estimate of drug-likeness (QED) is 0.872. The molecule has 0 unspecified atom stereocenters. The van der Waals surface area contributed by atoms with Gasteiger partial charge in [0.05, 0.1) is 4.90 Å². The average Bonchev–Trinajstić information content (AvgIpc) is 3.01. The standard InChI is InChI=1S/C17H16N2O3S/c20-17(7-4-13-8-10-18-11-9-13)19-23(21,22)16-6-5-14-2-1-3-15(14)12-16/h4-12H,1-3H2,(H,19,20). The summed E-state index contributed by atoms with van der Waals surface area (Å²) in [6, 6.07) is 8.47. The van der Waals surface area contributed by atoms with Crippen molar-refractivity contribution in [3.05, 3.63) is 65.5 Å². The van der Waals surface area contributed by atoms with Crippen molar-refractivity contribution in [2.75, 3.05) is 0 Å². The zero-order valence-electron chi connectivity index (χ0n) is 12.4. The zero-order valence-corrected chi connectivity index (χ0v) is 13.2. The summed E-state index contributed by atoms with van der Waals surface area (Å²) in [5, 5.41) is 0. The van der Waals surface area contributed by atoms with E-state index in [9.17, 15) is 13.2 Å². The predicted octanol–water partition coefficient (Wildman–Crippen LogP) is 2.09. The van der Waals surface area contributed by atoms with Crippen LogP contribution in [0.2, 0.25) is 0 Å². The Labute approximate surface area is 135 Å². The first-order valence-electron chi connectivity index (χ1n) is 7.31. The monoisotopic (exact) mass is 328 g/mol. The molecule has 23 heavy (non-hydrogen) atoms. The summed E-state index contributed by atoms with van der Waals surface area (Å²) in [4.78, 5) is 15.8. The molecule has 0 atom stereocenters. The van der Waals surface area contributed by atoms with Crippen molar-refractivity contribution in [3.63, 3.8) is 0 Å². The third kappa shape index (κ3) is 3.65. The van der Waals surface area contributed by atoms with Gasteiger partial charge in [-0.15, -0.1) is 0 Å². The number of pyridine rings is 1. The number of aryl methyl sites for hydroxylation is 2. The van der Waals surface area contributed by atoms with Crippen LogP contribution >= 0.6 is 0 Å². The van der Waals surface area contributed by atoms with Gasteiger partial charge in [0, 0.05) is 18.5 Å². The normalized spacial score (nSPS) is 13.9. The van der Waals surface area contributed by atoms with E-state index in [0.29, 0.717) is 0 Å². The van der Waals surface area contributed by atoms with Gasteiger partial charge in [-0.2, -0.15) is 0 Å². The Morgan fingerprint density at radius 3 is 2.61 bits per heavy atom. The molecule has 0 fully saturated rings. The molecule has 1 N–H and O–H groups in total. The molecule has 0 bridgehead atoms. The molecule has 1 aromatic heterocycles. The molecule has 0 saturated carbocycles. The summed E-state index contributed by atoms with van der Waals surface area (Å²) in [5.74, 6) is -0.678. The maximum atomic E-state index is 12.3. The van der Waals surface area contributed by atoms with E-state index >= 15 is 0 Å². The number of sulfonamides is 1. The molecule has 1 aliphatic rings. The second-order valence-corrected chi connectivity index (χ2v) is 7.05. The fraction of sp³-hybridized carbons (Fsp3) is 0.176. The van der Waals surface area contributed by atoms with Crippen LogP contribution in [0.4, 0.5) is 0 Å². The van der Waals surface area contributed by atoms with Crippen LogP contribution in [0.25, 0.3) is 6.08 Å². The van der Waals surface area contributed by atoms with Gasteiger partial charge in [-0.3, -0.25) is 9.78 Å². The van der Waals surface area contributed by atoms with E-state index in [2.05, 4.69) is 9.71 Å². The number of nitrogens with zero attached hydrogens (tertiary/aromatic N) is 1. The minimum absolute atomic E-state index is 0.129. The van der Waals surface area contributed by atoms with E-state index in [1.165, 1.54) is 17.7 Å². The first-order valence-corrected chi connectivity index (χ1v) is 8.80. The number of carbonyl (C=O) groups is 1. The van der Waals surface area contributed by atoms with Gasteiger partial charge in [-0.05, 0) is 66.3 Å². The lowest BCUT2D eigenvalue weighted by Gasteiger charge is -2.07. The summed E-state index contributed by atoms with van der Waals surface area (Å²) in [6.07, 6.45) is 8.83. The molecule has 1 aromatic carbocycles. The molecule has 0 spiro atoms. The number of amides is 1. The largest absolute Gasteiger partial charge is 0.269 e. The number of benzene rings is 1. The lowest BCUT2D eigenvalue weighted by Crippen LogP contribution is -2.29. The average molecular weight is 328 g/mol. The minimum atomic E-state index is -3.85. The van der Waals surface area contributed by atoms with Gasteiger partial charge < -0.3 is 0 Å². The van der Waals surface area contributed by atoms with Crippen molar-refractivity contribution < 1.29 is 13.2 Å². The fourth-order valence-electron chi connectivity index (χ4n) is 2.59. The van der Waals surface area contributed by atoms with Crippen molar-refractivity contribution in [1.82, 2.24) is 9.71 Å². The maximum Gasteiger partial charge on any atom is 0.264 e. The Morgan fingerprint density at radius 1 is 1.09 bits per heavy atom. The first-order chi connectivity index (χ1) is 11.0. The third-order valence-electron chi connectivity index (χ3n) is 3.75. The fourth-order valence-corrected chi connectivity index (χ4v) is 3.58. The third-order valence-corrected chi connectivity index (χ3v) is 5.09. The van der Waals surface area contributed by atoms with Gasteiger partial charge in [0.1, 0.15) is 0 Å². The lowest BCUT2D eigenvalue weighted by atomic mass is 10.1. The predicted molar refractivity (Wildman–Crippen MR) is 87.1 cm³/mol. The molecule has 1 aliphatic carbocycles. The van der Waals surface area contributed by atoms with Crippen molar-refractivity contribution in [3.8, 4) is 0 Å². The van der Waals surface area contributed by atoms with E-state index in [1.807, 2.05) is 6.07 Å². The zero-order chi connectivity index (χ0) is 16.3. The smallest absolute Gasteiger partial charge is 0.264 e. The number of nitrogens with one attached hydrogen (secondary N) is 1. The second kappa shape index (κ2) is 6.34. The number of aromatic nitrogens is 1. The van der Waals surface area contributed by atoms with Crippen LogP contribution in [0.15, 0.2) is 53.7 Å². The molecular weight excluding hydrogens is 312 g/mol. The van der Waals surface area contributed by atoms with E-state index in [4.69, 9.17) is 0 Å². The molecular formula is C17H16N2O3S. The highest BCUT2D eigenvalue weighted by Crippen LogP contribution is 2.24. The molecule has 1 heterocycles. The van der Waals surface area contributed by atoms with E-state index < -0.39 is 15.9 Å². The van der Waals surface area contributed by atoms with Gasteiger partial charge in [-0.1, -0.05) is 6.07 Å². The van der Waals surface area contributed by atoms with Gasteiger partial charge in [0.2, 0.25) is 0 Å². The number of hydrogen-bond acceptors (Lipinski definition) is 4. The van der Waals surface area contributed by atoms with E-state index in [1.54, 1.807) is 36.7 Å². The SMILES string of the molecule is O=C(C=Cc1ccncc1)NS(=O)(=O)c1ccc2c(c1)CCC2. The second-order valence-electron chi connectivity index (χ2n) is 5.37. The molecule has 0 saturated heterocycles. The van der Waals surface area contributed by atoms with E-state index in [-0.39, 0.29) is 4.90 Å². The summed E-state index contributed by atoms with van der Waals surface area (Å²) in [5.41, 5.74) is 3.01. The Kier molecular flexibility index (Phi) is 4.25. The Bertz CT molecular complexity index is 859. The van der Waals surface area contributed by atoms with Crippen LogP contribution < -0.4 is 4.72 Å². The summed E-state index contributed by atoms with van der Waals surface area (Å²) in [7, 11) is -3.85.